The van der Waals surface area contributed by atoms with Crippen LogP contribution in [0.1, 0.15) is 12.1 Å². The number of hydrogen-bond donors (Lipinski definition) is 2. The summed E-state index contributed by atoms with van der Waals surface area (Å²) < 4.78 is 0. The Bertz CT molecular complexity index is 369. The van der Waals surface area contributed by atoms with Crippen LogP contribution in [0.4, 0.5) is 0 Å². The number of aromatic nitrogens is 1. The van der Waals surface area contributed by atoms with Crippen LogP contribution >= 0.6 is 0 Å². The molecule has 2 N–H and O–H groups in total. The maximum absolute atomic E-state index is 11.7. The highest BCUT2D eigenvalue weighted by molar-refractivity contribution is 5.82. The summed E-state index contributed by atoms with van der Waals surface area (Å²) in [6.07, 6.45) is 2.64. The number of hydrogen-bond acceptors (Lipinski definition) is 4. The Balaban J connectivity index is 2.09. The summed E-state index contributed by atoms with van der Waals surface area (Å²) in [7, 11) is 0. The van der Waals surface area contributed by atoms with E-state index in [1.165, 1.54) is 0 Å². The van der Waals surface area contributed by atoms with Gasteiger partial charge >= 0.3 is 0 Å². The van der Waals surface area contributed by atoms with Gasteiger partial charge < -0.3 is 10.4 Å². The van der Waals surface area contributed by atoms with Gasteiger partial charge in [0.05, 0.1) is 12.3 Å². The van der Waals surface area contributed by atoms with Crippen LogP contribution in [0.2, 0.25) is 0 Å². The molecule has 2 heterocycles. The van der Waals surface area contributed by atoms with Crippen LogP contribution in [0.15, 0.2) is 24.4 Å². The molecule has 0 bridgehead atoms. The van der Waals surface area contributed by atoms with Gasteiger partial charge in [-0.1, -0.05) is 6.07 Å². The molecule has 1 amide bonds. The van der Waals surface area contributed by atoms with Crippen molar-refractivity contribution in [2.24, 2.45) is 0 Å². The van der Waals surface area contributed by atoms with Gasteiger partial charge in [0, 0.05) is 25.8 Å². The van der Waals surface area contributed by atoms with E-state index < -0.39 is 6.04 Å². The van der Waals surface area contributed by atoms with Crippen LogP contribution < -0.4 is 5.32 Å². The molecule has 1 aromatic heterocycles. The zero-order valence-corrected chi connectivity index (χ0v) is 9.67. The van der Waals surface area contributed by atoms with Gasteiger partial charge in [0.2, 0.25) is 5.91 Å². The minimum Gasteiger partial charge on any atom is -0.394 e. The molecule has 1 aromatic rings. The molecular weight excluding hydrogens is 218 g/mol. The second-order valence-corrected chi connectivity index (χ2v) is 4.13. The molecule has 0 aromatic carbocycles. The van der Waals surface area contributed by atoms with Crippen LogP contribution in [0.25, 0.3) is 0 Å². The molecule has 0 spiro atoms. The lowest BCUT2D eigenvalue weighted by Crippen LogP contribution is -2.46. The van der Waals surface area contributed by atoms with Crippen LogP contribution in [-0.4, -0.2) is 46.6 Å². The summed E-state index contributed by atoms with van der Waals surface area (Å²) in [5.41, 5.74) is 0.917. The van der Waals surface area contributed by atoms with Gasteiger partial charge in [0.25, 0.3) is 0 Å². The maximum Gasteiger partial charge on any atom is 0.239 e. The van der Waals surface area contributed by atoms with Crippen LogP contribution in [-0.2, 0) is 11.3 Å². The molecule has 1 aliphatic heterocycles. The minimum absolute atomic E-state index is 0.0964. The van der Waals surface area contributed by atoms with Crippen molar-refractivity contribution in [1.29, 1.82) is 0 Å². The molecule has 5 heteroatoms. The first-order chi connectivity index (χ1) is 8.31. The van der Waals surface area contributed by atoms with Gasteiger partial charge in [-0.15, -0.1) is 0 Å². The van der Waals surface area contributed by atoms with Crippen LogP contribution in [0.3, 0.4) is 0 Å². The normalized spacial score (nSPS) is 21.9. The van der Waals surface area contributed by atoms with Gasteiger partial charge in [-0.3, -0.25) is 14.7 Å². The number of rotatable bonds is 3. The number of carbonyl (C=O) groups excluding carboxylic acids is 1. The molecule has 0 aliphatic carbocycles. The molecular formula is C12H17N3O2. The Kier molecular flexibility index (Phi) is 4.06. The number of pyridine rings is 1. The fraction of sp³-hybridized carbons (Fsp3) is 0.500. The Morgan fingerprint density at radius 3 is 3.12 bits per heavy atom. The number of aliphatic hydroxyl groups excluding tert-OH is 1. The smallest absolute Gasteiger partial charge is 0.239 e. The third-order valence-electron chi connectivity index (χ3n) is 2.93. The Morgan fingerprint density at radius 1 is 1.53 bits per heavy atom. The highest BCUT2D eigenvalue weighted by Crippen LogP contribution is 2.09. The van der Waals surface area contributed by atoms with E-state index in [0.717, 1.165) is 18.7 Å². The van der Waals surface area contributed by atoms with E-state index in [1.54, 1.807) is 6.20 Å². The van der Waals surface area contributed by atoms with Gasteiger partial charge in [0.15, 0.2) is 0 Å². The Labute approximate surface area is 100 Å². The third-order valence-corrected chi connectivity index (χ3v) is 2.93. The molecule has 17 heavy (non-hydrogen) atoms. The lowest BCUT2D eigenvalue weighted by atomic mass is 10.2. The van der Waals surface area contributed by atoms with E-state index in [2.05, 4.69) is 10.3 Å². The third kappa shape index (κ3) is 3.01. The van der Waals surface area contributed by atoms with Crippen molar-refractivity contribution in [2.75, 3.05) is 19.7 Å². The second-order valence-electron chi connectivity index (χ2n) is 4.13. The standard InChI is InChI=1S/C12H17N3O2/c16-9-11-12(17)14-6-3-7-15(11)8-10-4-1-2-5-13-10/h1-2,4-5,11,16H,3,6-9H2,(H,14,17). The van der Waals surface area contributed by atoms with E-state index in [9.17, 15) is 9.90 Å². The minimum atomic E-state index is -0.459. The number of nitrogens with one attached hydrogen (secondary N) is 1. The summed E-state index contributed by atoms with van der Waals surface area (Å²) in [4.78, 5) is 17.9. The SMILES string of the molecule is O=C1NCCCN(Cc2ccccn2)C1CO. The predicted molar refractivity (Wildman–Crippen MR) is 63.1 cm³/mol. The summed E-state index contributed by atoms with van der Waals surface area (Å²) in [5.74, 6) is -0.0964. The van der Waals surface area contributed by atoms with Gasteiger partial charge in [0.1, 0.15) is 6.04 Å². The Morgan fingerprint density at radius 2 is 2.41 bits per heavy atom. The molecule has 92 valence electrons. The first-order valence-electron chi connectivity index (χ1n) is 5.84. The fourth-order valence-corrected chi connectivity index (χ4v) is 2.02. The van der Waals surface area contributed by atoms with Crippen molar-refractivity contribution in [2.45, 2.75) is 19.0 Å². The molecule has 1 fully saturated rings. The van der Waals surface area contributed by atoms with Crippen molar-refractivity contribution < 1.29 is 9.90 Å². The maximum atomic E-state index is 11.7. The van der Waals surface area contributed by atoms with E-state index in [-0.39, 0.29) is 12.5 Å². The molecule has 0 saturated carbocycles. The summed E-state index contributed by atoms with van der Waals surface area (Å²) >= 11 is 0. The van der Waals surface area contributed by atoms with Crippen molar-refractivity contribution in [3.8, 4) is 0 Å². The van der Waals surface area contributed by atoms with Crippen molar-refractivity contribution in [1.82, 2.24) is 15.2 Å². The first-order valence-corrected chi connectivity index (χ1v) is 5.84. The van der Waals surface area contributed by atoms with E-state index in [1.807, 2.05) is 23.1 Å². The fourth-order valence-electron chi connectivity index (χ4n) is 2.02. The zero-order valence-electron chi connectivity index (χ0n) is 9.67. The summed E-state index contributed by atoms with van der Waals surface area (Å²) in [6.45, 7) is 1.91. The average Bonchev–Trinajstić information content (AvgIpc) is 2.52. The number of amides is 1. The molecule has 2 rings (SSSR count). The van der Waals surface area contributed by atoms with Crippen molar-refractivity contribution in [3.05, 3.63) is 30.1 Å². The molecule has 1 unspecified atom stereocenters. The predicted octanol–water partition coefficient (Wildman–Crippen LogP) is -0.236. The molecule has 1 atom stereocenters. The van der Waals surface area contributed by atoms with E-state index >= 15 is 0 Å². The Hall–Kier alpha value is -1.46. The molecule has 1 saturated heterocycles. The van der Waals surface area contributed by atoms with E-state index in [4.69, 9.17) is 0 Å². The van der Waals surface area contributed by atoms with Crippen molar-refractivity contribution >= 4 is 5.91 Å². The number of aliphatic hydroxyl groups is 1. The lowest BCUT2D eigenvalue weighted by molar-refractivity contribution is -0.127. The molecule has 0 radical (unpaired) electrons. The second kappa shape index (κ2) is 5.75. The topological polar surface area (TPSA) is 65.5 Å². The monoisotopic (exact) mass is 235 g/mol. The molecule has 1 aliphatic rings. The zero-order chi connectivity index (χ0) is 12.1. The van der Waals surface area contributed by atoms with Gasteiger partial charge in [-0.05, 0) is 18.6 Å². The largest absolute Gasteiger partial charge is 0.394 e. The first kappa shape index (κ1) is 12.0. The van der Waals surface area contributed by atoms with Gasteiger partial charge in [-0.2, -0.15) is 0 Å². The van der Waals surface area contributed by atoms with Gasteiger partial charge in [-0.25, -0.2) is 0 Å². The van der Waals surface area contributed by atoms with Crippen LogP contribution in [0, 0.1) is 0 Å². The van der Waals surface area contributed by atoms with Crippen LogP contribution in [0.5, 0.6) is 0 Å². The molecule has 5 nitrogen and oxygen atoms in total. The lowest BCUT2D eigenvalue weighted by Gasteiger charge is -2.26. The number of nitrogens with zero attached hydrogens (tertiary/aromatic N) is 2. The highest BCUT2D eigenvalue weighted by atomic mass is 16.3. The van der Waals surface area contributed by atoms with E-state index in [0.29, 0.717) is 13.1 Å². The average molecular weight is 235 g/mol. The highest BCUT2D eigenvalue weighted by Gasteiger charge is 2.27. The van der Waals surface area contributed by atoms with Crippen molar-refractivity contribution in [3.63, 3.8) is 0 Å². The number of carbonyl (C=O) groups is 1. The summed E-state index contributed by atoms with van der Waals surface area (Å²) in [5, 5.41) is 12.1. The summed E-state index contributed by atoms with van der Waals surface area (Å²) in [6, 6.07) is 5.26. The quantitative estimate of drug-likeness (QED) is 0.759.